The summed E-state index contributed by atoms with van der Waals surface area (Å²) in [5.74, 6) is 1.99. The zero-order valence-electron chi connectivity index (χ0n) is 15.8. The number of ether oxygens (including phenoxy) is 3. The summed E-state index contributed by atoms with van der Waals surface area (Å²) in [6.45, 7) is 2.67. The first-order valence-corrected chi connectivity index (χ1v) is 9.47. The van der Waals surface area contributed by atoms with Crippen molar-refractivity contribution in [2.24, 2.45) is 5.92 Å². The lowest BCUT2D eigenvalue weighted by Crippen LogP contribution is -2.33. The van der Waals surface area contributed by atoms with Crippen molar-refractivity contribution in [3.63, 3.8) is 0 Å². The van der Waals surface area contributed by atoms with Crippen molar-refractivity contribution in [3.05, 3.63) is 54.5 Å². The van der Waals surface area contributed by atoms with Crippen molar-refractivity contribution in [2.45, 2.75) is 12.8 Å². The molecular weight excluding hydrogens is 359 g/mol. The minimum Gasteiger partial charge on any atom is -0.493 e. The van der Waals surface area contributed by atoms with Gasteiger partial charge in [0.15, 0.2) is 23.1 Å². The number of halogens is 1. The van der Waals surface area contributed by atoms with E-state index in [1.165, 1.54) is 12.5 Å². The minimum absolute atomic E-state index is 0.166. The molecule has 4 rings (SSSR count). The summed E-state index contributed by atoms with van der Waals surface area (Å²) >= 11 is 0. The molecule has 0 bridgehead atoms. The number of nitrogens with one attached hydrogen (secondary N) is 1. The van der Waals surface area contributed by atoms with E-state index in [-0.39, 0.29) is 5.75 Å². The first-order chi connectivity index (χ1) is 13.7. The first-order valence-electron chi connectivity index (χ1n) is 9.47. The van der Waals surface area contributed by atoms with Gasteiger partial charge in [0, 0.05) is 30.1 Å². The van der Waals surface area contributed by atoms with Crippen molar-refractivity contribution in [2.75, 3.05) is 26.8 Å². The van der Waals surface area contributed by atoms with Gasteiger partial charge in [-0.2, -0.15) is 0 Å². The third kappa shape index (κ3) is 4.02. The number of hydrogen-bond donors (Lipinski definition) is 1. The van der Waals surface area contributed by atoms with Gasteiger partial charge in [-0.3, -0.25) is 4.98 Å². The Kier molecular flexibility index (Phi) is 5.58. The van der Waals surface area contributed by atoms with Gasteiger partial charge in [0.05, 0.1) is 19.2 Å². The monoisotopic (exact) mass is 382 g/mol. The number of nitrogens with zero attached hydrogens (tertiary/aromatic N) is 1. The Hall–Kier alpha value is -2.86. The highest BCUT2D eigenvalue weighted by Gasteiger charge is 2.17. The van der Waals surface area contributed by atoms with Crippen LogP contribution >= 0.6 is 0 Å². The molecule has 0 aliphatic carbocycles. The molecule has 5 nitrogen and oxygen atoms in total. The van der Waals surface area contributed by atoms with Gasteiger partial charge in [-0.25, -0.2) is 4.39 Å². The fourth-order valence-electron chi connectivity index (χ4n) is 3.41. The van der Waals surface area contributed by atoms with Crippen LogP contribution < -0.4 is 19.5 Å². The molecule has 2 heterocycles. The van der Waals surface area contributed by atoms with Crippen molar-refractivity contribution >= 4 is 10.9 Å². The number of rotatable bonds is 6. The summed E-state index contributed by atoms with van der Waals surface area (Å²) in [4.78, 5) is 4.42. The highest BCUT2D eigenvalue weighted by atomic mass is 19.1. The second kappa shape index (κ2) is 8.44. The number of piperidine rings is 1. The fourth-order valence-corrected chi connectivity index (χ4v) is 3.41. The van der Waals surface area contributed by atoms with Crippen molar-refractivity contribution in [3.8, 4) is 23.0 Å². The lowest BCUT2D eigenvalue weighted by Gasteiger charge is -2.23. The Labute approximate surface area is 163 Å². The van der Waals surface area contributed by atoms with Crippen molar-refractivity contribution < 1.29 is 18.6 Å². The van der Waals surface area contributed by atoms with E-state index in [2.05, 4.69) is 10.3 Å². The molecule has 1 aromatic heterocycles. The van der Waals surface area contributed by atoms with Gasteiger partial charge >= 0.3 is 0 Å². The second-order valence-electron chi connectivity index (χ2n) is 6.89. The predicted molar refractivity (Wildman–Crippen MR) is 106 cm³/mol. The van der Waals surface area contributed by atoms with Crippen LogP contribution in [0.15, 0.2) is 48.7 Å². The average molecular weight is 382 g/mol. The quantitative estimate of drug-likeness (QED) is 0.678. The Morgan fingerprint density at radius 3 is 2.79 bits per heavy atom. The molecule has 1 atom stereocenters. The van der Waals surface area contributed by atoms with Crippen LogP contribution in [-0.4, -0.2) is 31.8 Å². The van der Waals surface area contributed by atoms with Crippen LogP contribution in [0.3, 0.4) is 0 Å². The zero-order valence-corrected chi connectivity index (χ0v) is 15.8. The van der Waals surface area contributed by atoms with Gasteiger partial charge in [-0.1, -0.05) is 12.1 Å². The Morgan fingerprint density at radius 2 is 2.00 bits per heavy atom. The molecule has 0 saturated carbocycles. The molecule has 1 fully saturated rings. The molecule has 6 heteroatoms. The van der Waals surface area contributed by atoms with E-state index >= 15 is 0 Å². The first kappa shape index (κ1) is 18.5. The largest absolute Gasteiger partial charge is 0.493 e. The number of aromatic nitrogens is 1. The molecule has 1 aliphatic heterocycles. The molecule has 1 N–H and O–H groups in total. The van der Waals surface area contributed by atoms with Crippen LogP contribution in [0.5, 0.6) is 23.0 Å². The third-order valence-electron chi connectivity index (χ3n) is 4.92. The van der Waals surface area contributed by atoms with Crippen molar-refractivity contribution in [1.29, 1.82) is 0 Å². The Bertz CT molecular complexity index is 958. The van der Waals surface area contributed by atoms with Crippen LogP contribution in [0.25, 0.3) is 10.9 Å². The van der Waals surface area contributed by atoms with Crippen molar-refractivity contribution in [1.82, 2.24) is 10.3 Å². The van der Waals surface area contributed by atoms with Crippen LogP contribution in [0.1, 0.15) is 12.8 Å². The lowest BCUT2D eigenvalue weighted by atomic mass is 10.0. The number of methoxy groups -OCH3 is 1. The van der Waals surface area contributed by atoms with E-state index < -0.39 is 5.82 Å². The van der Waals surface area contributed by atoms with Gasteiger partial charge in [0.25, 0.3) is 0 Å². The number of fused-ring (bicyclic) bond motifs is 1. The molecule has 1 unspecified atom stereocenters. The molecule has 0 amide bonds. The molecule has 146 valence electrons. The van der Waals surface area contributed by atoms with Crippen LogP contribution in [0, 0.1) is 11.7 Å². The molecule has 0 spiro atoms. The van der Waals surface area contributed by atoms with E-state index in [9.17, 15) is 4.39 Å². The molecule has 1 aliphatic rings. The summed E-state index contributed by atoms with van der Waals surface area (Å²) < 4.78 is 31.3. The normalized spacial score (nSPS) is 16.7. The maximum absolute atomic E-state index is 14.0. The van der Waals surface area contributed by atoms with Crippen LogP contribution in [-0.2, 0) is 0 Å². The number of para-hydroxylation sites is 1. The summed E-state index contributed by atoms with van der Waals surface area (Å²) in [7, 11) is 1.60. The molecule has 1 saturated heterocycles. The van der Waals surface area contributed by atoms with Gasteiger partial charge in [0.2, 0.25) is 0 Å². The van der Waals surface area contributed by atoms with Gasteiger partial charge in [0.1, 0.15) is 5.75 Å². The molecular formula is C22H23FN2O3. The maximum atomic E-state index is 14.0. The average Bonchev–Trinajstić information content (AvgIpc) is 2.74. The maximum Gasteiger partial charge on any atom is 0.165 e. The van der Waals surface area contributed by atoms with E-state index in [1.807, 2.05) is 12.1 Å². The molecule has 0 radical (unpaired) electrons. The van der Waals surface area contributed by atoms with E-state index in [0.29, 0.717) is 35.3 Å². The second-order valence-corrected chi connectivity index (χ2v) is 6.89. The van der Waals surface area contributed by atoms with E-state index in [0.717, 1.165) is 24.9 Å². The van der Waals surface area contributed by atoms with Gasteiger partial charge in [-0.05, 0) is 43.7 Å². The predicted octanol–water partition coefficient (Wildman–Crippen LogP) is 4.55. The molecule has 3 aromatic rings. The van der Waals surface area contributed by atoms with E-state index in [4.69, 9.17) is 14.2 Å². The summed E-state index contributed by atoms with van der Waals surface area (Å²) in [6, 6.07) is 11.7. The molecule has 2 aromatic carbocycles. The summed E-state index contributed by atoms with van der Waals surface area (Å²) in [5.41, 5.74) is 0.700. The van der Waals surface area contributed by atoms with Gasteiger partial charge in [-0.15, -0.1) is 0 Å². The highest BCUT2D eigenvalue weighted by Crippen LogP contribution is 2.37. The topological polar surface area (TPSA) is 52.6 Å². The third-order valence-corrected chi connectivity index (χ3v) is 4.92. The molecule has 28 heavy (non-hydrogen) atoms. The van der Waals surface area contributed by atoms with E-state index in [1.54, 1.807) is 37.6 Å². The number of hydrogen-bond acceptors (Lipinski definition) is 5. The smallest absolute Gasteiger partial charge is 0.165 e. The minimum atomic E-state index is -0.416. The fraction of sp³-hybridized carbons (Fsp3) is 0.318. The summed E-state index contributed by atoms with van der Waals surface area (Å²) in [6.07, 6.45) is 3.96. The SMILES string of the molecule is COc1cc2c(Oc3ccccc3F)ccnc2cc1OCC1CCCNC1. The zero-order chi connectivity index (χ0) is 19.3. The number of pyridine rings is 1. The van der Waals surface area contributed by atoms with Crippen LogP contribution in [0.2, 0.25) is 0 Å². The lowest BCUT2D eigenvalue weighted by molar-refractivity contribution is 0.211. The van der Waals surface area contributed by atoms with Gasteiger partial charge < -0.3 is 19.5 Å². The Morgan fingerprint density at radius 1 is 1.11 bits per heavy atom. The highest BCUT2D eigenvalue weighted by molar-refractivity contribution is 5.88. The standard InChI is InChI=1S/C22H23FN2O3/c1-26-21-11-16-18(12-22(21)27-14-15-5-4-9-24-13-15)25-10-8-19(16)28-20-7-3-2-6-17(20)23/h2-3,6-8,10-12,15,24H,4-5,9,13-14H2,1H3. The Balaban J connectivity index is 1.62. The summed E-state index contributed by atoms with van der Waals surface area (Å²) in [5, 5.41) is 4.12. The van der Waals surface area contributed by atoms with Crippen LogP contribution in [0.4, 0.5) is 4.39 Å². The number of benzene rings is 2.